The Morgan fingerprint density at radius 2 is 2.14 bits per heavy atom. The Bertz CT molecular complexity index is 137. The van der Waals surface area contributed by atoms with E-state index in [4.69, 9.17) is 0 Å². The second-order valence-electron chi connectivity index (χ2n) is 5.02. The molecule has 1 saturated heterocycles. The van der Waals surface area contributed by atoms with E-state index in [9.17, 15) is 0 Å². The monoisotopic (exact) mass is 198 g/mol. The molecule has 0 radical (unpaired) electrons. The maximum atomic E-state index is 3.52. The van der Waals surface area contributed by atoms with Crippen LogP contribution in [0.4, 0.5) is 0 Å². The van der Waals surface area contributed by atoms with Gasteiger partial charge in [-0.3, -0.25) is 0 Å². The van der Waals surface area contributed by atoms with Crippen molar-refractivity contribution in [2.24, 2.45) is 5.92 Å². The van der Waals surface area contributed by atoms with Crippen LogP contribution >= 0.6 is 0 Å². The summed E-state index contributed by atoms with van der Waals surface area (Å²) >= 11 is 0. The molecule has 0 bridgehead atoms. The molecule has 1 atom stereocenters. The van der Waals surface area contributed by atoms with Crippen molar-refractivity contribution in [2.75, 3.05) is 26.7 Å². The molecule has 1 aliphatic heterocycles. The number of likely N-dealkylation sites (N-methyl/N-ethyl adjacent to an activating group) is 1. The number of hydrogen-bond acceptors (Lipinski definition) is 2. The van der Waals surface area contributed by atoms with E-state index in [1.54, 1.807) is 0 Å². The van der Waals surface area contributed by atoms with Crippen molar-refractivity contribution < 1.29 is 0 Å². The number of hydrogen-bond donors (Lipinski definition) is 1. The Labute approximate surface area is 89.1 Å². The molecule has 0 aliphatic carbocycles. The van der Waals surface area contributed by atoms with Gasteiger partial charge in [0.1, 0.15) is 0 Å². The molecule has 1 fully saturated rings. The van der Waals surface area contributed by atoms with E-state index in [-0.39, 0.29) is 0 Å². The second-order valence-corrected chi connectivity index (χ2v) is 5.02. The first kappa shape index (κ1) is 12.0. The van der Waals surface area contributed by atoms with Crippen LogP contribution in [0.1, 0.15) is 39.5 Å². The second kappa shape index (κ2) is 6.41. The van der Waals surface area contributed by atoms with Crippen LogP contribution in [0.15, 0.2) is 0 Å². The Kier molecular flexibility index (Phi) is 5.49. The standard InChI is InChI=1S/C12H26N2/c1-11(2)7-9-14(3)12-6-4-5-8-13-10-12/h11-13H,4-10H2,1-3H3. The molecule has 1 rings (SSSR count). The highest BCUT2D eigenvalue weighted by Gasteiger charge is 2.16. The fraction of sp³-hybridized carbons (Fsp3) is 1.00. The summed E-state index contributed by atoms with van der Waals surface area (Å²) in [6.45, 7) is 8.27. The highest BCUT2D eigenvalue weighted by atomic mass is 15.1. The van der Waals surface area contributed by atoms with Crippen LogP contribution in [0.2, 0.25) is 0 Å². The molecule has 1 N–H and O–H groups in total. The van der Waals surface area contributed by atoms with Crippen molar-refractivity contribution in [3.63, 3.8) is 0 Å². The van der Waals surface area contributed by atoms with Gasteiger partial charge < -0.3 is 10.2 Å². The highest BCUT2D eigenvalue weighted by Crippen LogP contribution is 2.11. The van der Waals surface area contributed by atoms with Crippen LogP contribution in [0.25, 0.3) is 0 Å². The van der Waals surface area contributed by atoms with Gasteiger partial charge in [-0.25, -0.2) is 0 Å². The Morgan fingerprint density at radius 1 is 1.36 bits per heavy atom. The molecule has 1 aliphatic rings. The zero-order chi connectivity index (χ0) is 10.4. The van der Waals surface area contributed by atoms with E-state index >= 15 is 0 Å². The Balaban J connectivity index is 2.23. The average molecular weight is 198 g/mol. The summed E-state index contributed by atoms with van der Waals surface area (Å²) in [5, 5.41) is 3.52. The molecule has 0 saturated carbocycles. The third-order valence-corrected chi connectivity index (χ3v) is 3.20. The van der Waals surface area contributed by atoms with Crippen molar-refractivity contribution in [1.29, 1.82) is 0 Å². The summed E-state index contributed by atoms with van der Waals surface area (Å²) in [5.41, 5.74) is 0. The molecule has 0 aromatic carbocycles. The third-order valence-electron chi connectivity index (χ3n) is 3.20. The third kappa shape index (κ3) is 4.43. The largest absolute Gasteiger partial charge is 0.315 e. The van der Waals surface area contributed by atoms with Crippen molar-refractivity contribution in [3.05, 3.63) is 0 Å². The highest BCUT2D eigenvalue weighted by molar-refractivity contribution is 4.74. The lowest BCUT2D eigenvalue weighted by molar-refractivity contribution is 0.219. The van der Waals surface area contributed by atoms with Crippen LogP contribution in [0, 0.1) is 5.92 Å². The van der Waals surface area contributed by atoms with Crippen molar-refractivity contribution in [2.45, 2.75) is 45.6 Å². The predicted molar refractivity (Wildman–Crippen MR) is 62.6 cm³/mol. The topological polar surface area (TPSA) is 15.3 Å². The van der Waals surface area contributed by atoms with Gasteiger partial charge in [0, 0.05) is 12.6 Å². The molecule has 0 amide bonds. The van der Waals surface area contributed by atoms with Crippen LogP contribution in [0.3, 0.4) is 0 Å². The summed E-state index contributed by atoms with van der Waals surface area (Å²) in [4.78, 5) is 2.54. The van der Waals surface area contributed by atoms with Gasteiger partial charge in [-0.2, -0.15) is 0 Å². The van der Waals surface area contributed by atoms with Crippen LogP contribution in [0.5, 0.6) is 0 Å². The molecule has 2 heteroatoms. The minimum atomic E-state index is 0.774. The summed E-state index contributed by atoms with van der Waals surface area (Å²) in [6, 6.07) is 0.774. The van der Waals surface area contributed by atoms with E-state index < -0.39 is 0 Å². The lowest BCUT2D eigenvalue weighted by Gasteiger charge is -2.27. The lowest BCUT2D eigenvalue weighted by atomic mass is 10.1. The van der Waals surface area contributed by atoms with Crippen LogP contribution < -0.4 is 5.32 Å². The zero-order valence-electron chi connectivity index (χ0n) is 10.1. The van der Waals surface area contributed by atoms with Gasteiger partial charge in [-0.15, -0.1) is 0 Å². The first-order valence-corrected chi connectivity index (χ1v) is 6.11. The van der Waals surface area contributed by atoms with E-state index in [1.807, 2.05) is 0 Å². The van der Waals surface area contributed by atoms with Gasteiger partial charge in [0.25, 0.3) is 0 Å². The van der Waals surface area contributed by atoms with E-state index in [0.29, 0.717) is 0 Å². The molecule has 0 aromatic heterocycles. The SMILES string of the molecule is CC(C)CCN(C)C1CCCCNC1. The van der Waals surface area contributed by atoms with Gasteiger partial charge >= 0.3 is 0 Å². The quantitative estimate of drug-likeness (QED) is 0.744. The molecular formula is C12H26N2. The molecule has 0 spiro atoms. The molecular weight excluding hydrogens is 172 g/mol. The van der Waals surface area contributed by atoms with Crippen LogP contribution in [-0.4, -0.2) is 37.6 Å². The fourth-order valence-corrected chi connectivity index (χ4v) is 2.02. The van der Waals surface area contributed by atoms with Gasteiger partial charge in [0.05, 0.1) is 0 Å². The molecule has 84 valence electrons. The first-order chi connectivity index (χ1) is 6.70. The molecule has 14 heavy (non-hydrogen) atoms. The zero-order valence-corrected chi connectivity index (χ0v) is 10.1. The van der Waals surface area contributed by atoms with E-state index in [2.05, 4.69) is 31.1 Å². The van der Waals surface area contributed by atoms with E-state index in [0.717, 1.165) is 12.0 Å². The first-order valence-electron chi connectivity index (χ1n) is 6.11. The Hall–Kier alpha value is -0.0800. The van der Waals surface area contributed by atoms with Crippen molar-refractivity contribution in [1.82, 2.24) is 10.2 Å². The fourth-order valence-electron chi connectivity index (χ4n) is 2.02. The summed E-state index contributed by atoms with van der Waals surface area (Å²) in [7, 11) is 2.28. The van der Waals surface area contributed by atoms with Crippen molar-refractivity contribution >= 4 is 0 Å². The molecule has 1 unspecified atom stereocenters. The van der Waals surface area contributed by atoms with Gasteiger partial charge in [-0.1, -0.05) is 20.3 Å². The molecule has 1 heterocycles. The van der Waals surface area contributed by atoms with Crippen LogP contribution in [-0.2, 0) is 0 Å². The summed E-state index contributed by atoms with van der Waals surface area (Å²) in [5.74, 6) is 0.830. The number of rotatable bonds is 4. The minimum absolute atomic E-state index is 0.774. The predicted octanol–water partition coefficient (Wildman–Crippen LogP) is 2.11. The van der Waals surface area contributed by atoms with Gasteiger partial charge in [0.15, 0.2) is 0 Å². The maximum Gasteiger partial charge on any atom is 0.0217 e. The van der Waals surface area contributed by atoms with Gasteiger partial charge in [0.2, 0.25) is 0 Å². The number of nitrogens with one attached hydrogen (secondary N) is 1. The van der Waals surface area contributed by atoms with Gasteiger partial charge in [-0.05, 0) is 45.3 Å². The Morgan fingerprint density at radius 3 is 2.86 bits per heavy atom. The number of nitrogens with zero attached hydrogens (tertiary/aromatic N) is 1. The average Bonchev–Trinajstić information content (AvgIpc) is 2.42. The maximum absolute atomic E-state index is 3.52. The normalized spacial score (nSPS) is 24.2. The van der Waals surface area contributed by atoms with E-state index in [1.165, 1.54) is 45.3 Å². The summed E-state index contributed by atoms with van der Waals surface area (Å²) < 4.78 is 0. The molecule has 0 aromatic rings. The van der Waals surface area contributed by atoms with Crippen molar-refractivity contribution in [3.8, 4) is 0 Å². The summed E-state index contributed by atoms with van der Waals surface area (Å²) in [6.07, 6.45) is 5.45. The molecule has 2 nitrogen and oxygen atoms in total. The lowest BCUT2D eigenvalue weighted by Crippen LogP contribution is -2.39. The minimum Gasteiger partial charge on any atom is -0.315 e. The smallest absolute Gasteiger partial charge is 0.0217 e.